The highest BCUT2D eigenvalue weighted by atomic mass is 16.5. The lowest BCUT2D eigenvalue weighted by molar-refractivity contribution is 0.0412. The average molecular weight is 279 g/mol. The van der Waals surface area contributed by atoms with Crippen molar-refractivity contribution in [2.24, 2.45) is 0 Å². The molecule has 0 saturated carbocycles. The van der Waals surface area contributed by atoms with Gasteiger partial charge in [0.05, 0.1) is 0 Å². The van der Waals surface area contributed by atoms with Gasteiger partial charge in [-0.15, -0.1) is 0 Å². The molecule has 1 heterocycles. The zero-order valence-electron chi connectivity index (χ0n) is 12.5. The quantitative estimate of drug-likeness (QED) is 0.838. The molecule has 0 aromatic heterocycles. The minimum absolute atomic E-state index is 0.0189. The fourth-order valence-electron chi connectivity index (χ4n) is 2.74. The molecular weight excluding hydrogens is 258 g/mol. The van der Waals surface area contributed by atoms with Gasteiger partial charge >= 0.3 is 0 Å². The number of rotatable bonds is 3. The molecule has 21 heavy (non-hydrogen) atoms. The van der Waals surface area contributed by atoms with E-state index >= 15 is 0 Å². The fraction of sp³-hybridized carbons (Fsp3) is 0.263. The molecule has 2 aromatic rings. The Morgan fingerprint density at radius 2 is 1.57 bits per heavy atom. The van der Waals surface area contributed by atoms with Gasteiger partial charge in [0.2, 0.25) is 0 Å². The summed E-state index contributed by atoms with van der Waals surface area (Å²) in [7, 11) is 2.12. The smallest absolute Gasteiger partial charge is 0.131 e. The zero-order chi connectivity index (χ0) is 14.7. The molecule has 0 bridgehead atoms. The van der Waals surface area contributed by atoms with Crippen LogP contribution >= 0.6 is 0 Å². The van der Waals surface area contributed by atoms with Crippen LogP contribution in [-0.2, 0) is 4.74 Å². The first-order chi connectivity index (χ1) is 10.3. The van der Waals surface area contributed by atoms with Crippen LogP contribution in [0, 0.1) is 0 Å². The van der Waals surface area contributed by atoms with Crippen LogP contribution in [0.2, 0.25) is 0 Å². The summed E-state index contributed by atoms with van der Waals surface area (Å²) < 4.78 is 6.23. The van der Waals surface area contributed by atoms with Gasteiger partial charge in [0.1, 0.15) is 12.3 Å². The summed E-state index contributed by atoms with van der Waals surface area (Å²) in [5.41, 5.74) is 2.44. The van der Waals surface area contributed by atoms with E-state index in [4.69, 9.17) is 4.74 Å². The van der Waals surface area contributed by atoms with E-state index in [1.807, 2.05) is 24.3 Å². The van der Waals surface area contributed by atoms with Crippen LogP contribution in [-0.4, -0.2) is 24.2 Å². The first kappa shape index (κ1) is 14.1. The summed E-state index contributed by atoms with van der Waals surface area (Å²) in [6, 6.07) is 21.1. The van der Waals surface area contributed by atoms with Crippen molar-refractivity contribution in [3.63, 3.8) is 0 Å². The number of nitrogens with zero attached hydrogens (tertiary/aromatic N) is 1. The van der Waals surface area contributed by atoms with Gasteiger partial charge in [-0.25, -0.2) is 0 Å². The second kappa shape index (κ2) is 6.25. The van der Waals surface area contributed by atoms with Gasteiger partial charge in [0.25, 0.3) is 0 Å². The lowest BCUT2D eigenvalue weighted by Crippen LogP contribution is -2.30. The van der Waals surface area contributed by atoms with Crippen LogP contribution < -0.4 is 0 Å². The molecular formula is C19H21NO. The molecule has 0 unspecified atom stereocenters. The number of likely N-dealkylation sites (N-methyl/N-ethyl adjacent to an activating group) is 1. The van der Waals surface area contributed by atoms with Crippen LogP contribution in [0.5, 0.6) is 0 Å². The van der Waals surface area contributed by atoms with Gasteiger partial charge in [-0.2, -0.15) is 0 Å². The Morgan fingerprint density at radius 3 is 2.24 bits per heavy atom. The first-order valence-electron chi connectivity index (χ1n) is 7.41. The van der Waals surface area contributed by atoms with Gasteiger partial charge in [-0.3, -0.25) is 4.90 Å². The largest absolute Gasteiger partial charge is 0.350 e. The maximum Gasteiger partial charge on any atom is 0.131 e. The minimum atomic E-state index is 0.0189. The molecule has 0 radical (unpaired) electrons. The van der Waals surface area contributed by atoms with Crippen LogP contribution in [0.1, 0.15) is 24.2 Å². The zero-order valence-corrected chi connectivity index (χ0v) is 12.5. The maximum atomic E-state index is 6.23. The number of hydrogen-bond acceptors (Lipinski definition) is 2. The molecule has 3 atom stereocenters. The van der Waals surface area contributed by atoms with Crippen molar-refractivity contribution in [2.75, 3.05) is 7.05 Å². The predicted molar refractivity (Wildman–Crippen MR) is 86.8 cm³/mol. The molecule has 1 fully saturated rings. The summed E-state index contributed by atoms with van der Waals surface area (Å²) in [5, 5.41) is 0. The summed E-state index contributed by atoms with van der Waals surface area (Å²) in [4.78, 5) is 2.27. The Kier molecular flexibility index (Phi) is 4.18. The van der Waals surface area contributed by atoms with E-state index in [0.717, 1.165) is 0 Å². The van der Waals surface area contributed by atoms with E-state index in [9.17, 15) is 0 Å². The van der Waals surface area contributed by atoms with Crippen molar-refractivity contribution in [2.45, 2.75) is 25.3 Å². The third-order valence-electron chi connectivity index (χ3n) is 4.15. The highest BCUT2D eigenvalue weighted by Crippen LogP contribution is 2.34. The van der Waals surface area contributed by atoms with Crippen molar-refractivity contribution in [1.29, 1.82) is 0 Å². The standard InChI is InChI=1S/C19H21NO/c1-15-19(17-11-7-4-8-12-17)21-18(20(15)2)14-13-16-9-5-3-6-10-16/h3-15,18-19H,1-2H3/b14-13+/t15-,18+,19-/m0/s1. The lowest BCUT2D eigenvalue weighted by Gasteiger charge is -2.19. The summed E-state index contributed by atoms with van der Waals surface area (Å²) in [6.45, 7) is 2.22. The molecule has 0 spiro atoms. The van der Waals surface area contributed by atoms with E-state index in [1.54, 1.807) is 0 Å². The summed E-state index contributed by atoms with van der Waals surface area (Å²) >= 11 is 0. The number of ether oxygens (including phenoxy) is 1. The van der Waals surface area contributed by atoms with Crippen molar-refractivity contribution in [1.82, 2.24) is 4.90 Å². The third kappa shape index (κ3) is 3.07. The first-order valence-corrected chi connectivity index (χ1v) is 7.41. The van der Waals surface area contributed by atoms with Crippen molar-refractivity contribution in [3.8, 4) is 0 Å². The SMILES string of the molecule is C[C@H]1[C@@H](c2ccccc2)O[C@H](/C=C/c2ccccc2)N1C. The lowest BCUT2D eigenvalue weighted by atomic mass is 10.0. The molecule has 0 N–H and O–H groups in total. The molecule has 2 aromatic carbocycles. The molecule has 0 aliphatic carbocycles. The van der Waals surface area contributed by atoms with Crippen LogP contribution in [0.3, 0.4) is 0 Å². The second-order valence-corrected chi connectivity index (χ2v) is 5.53. The van der Waals surface area contributed by atoms with Gasteiger partial charge in [-0.1, -0.05) is 66.7 Å². The minimum Gasteiger partial charge on any atom is -0.350 e. The third-order valence-corrected chi connectivity index (χ3v) is 4.15. The Morgan fingerprint density at radius 1 is 0.952 bits per heavy atom. The highest BCUT2D eigenvalue weighted by molar-refractivity contribution is 5.49. The van der Waals surface area contributed by atoms with Crippen molar-refractivity contribution >= 4 is 6.08 Å². The molecule has 0 amide bonds. The highest BCUT2D eigenvalue weighted by Gasteiger charge is 2.36. The van der Waals surface area contributed by atoms with Crippen molar-refractivity contribution < 1.29 is 4.74 Å². The van der Waals surface area contributed by atoms with Gasteiger partial charge < -0.3 is 4.74 Å². The molecule has 2 heteroatoms. The van der Waals surface area contributed by atoms with Crippen LogP contribution in [0.25, 0.3) is 6.08 Å². The van der Waals surface area contributed by atoms with Gasteiger partial charge in [0.15, 0.2) is 0 Å². The molecule has 108 valence electrons. The van der Waals surface area contributed by atoms with Crippen LogP contribution in [0.4, 0.5) is 0 Å². The predicted octanol–water partition coefficient (Wildman–Crippen LogP) is 4.12. The van der Waals surface area contributed by atoms with E-state index in [1.165, 1.54) is 11.1 Å². The Balaban J connectivity index is 1.75. The monoisotopic (exact) mass is 279 g/mol. The van der Waals surface area contributed by atoms with Gasteiger partial charge in [0, 0.05) is 6.04 Å². The van der Waals surface area contributed by atoms with E-state index < -0.39 is 0 Å². The van der Waals surface area contributed by atoms with E-state index in [2.05, 4.69) is 67.4 Å². The molecule has 1 aliphatic rings. The molecule has 1 saturated heterocycles. The Hall–Kier alpha value is -1.90. The fourth-order valence-corrected chi connectivity index (χ4v) is 2.74. The molecule has 2 nitrogen and oxygen atoms in total. The number of benzene rings is 2. The van der Waals surface area contributed by atoms with Gasteiger partial charge in [-0.05, 0) is 31.2 Å². The number of hydrogen-bond donors (Lipinski definition) is 0. The normalized spacial score (nSPS) is 26.5. The molecule has 3 rings (SSSR count). The molecule has 1 aliphatic heterocycles. The van der Waals surface area contributed by atoms with E-state index in [0.29, 0.717) is 6.04 Å². The van der Waals surface area contributed by atoms with E-state index in [-0.39, 0.29) is 12.3 Å². The Bertz CT molecular complexity index is 593. The van der Waals surface area contributed by atoms with Crippen LogP contribution in [0.15, 0.2) is 66.7 Å². The summed E-state index contributed by atoms with van der Waals surface area (Å²) in [5.74, 6) is 0. The maximum absolute atomic E-state index is 6.23. The van der Waals surface area contributed by atoms with Crippen molar-refractivity contribution in [3.05, 3.63) is 77.9 Å². The summed E-state index contributed by atoms with van der Waals surface area (Å²) in [6.07, 6.45) is 4.41. The Labute approximate surface area is 126 Å². The topological polar surface area (TPSA) is 12.5 Å². The average Bonchev–Trinajstić information content (AvgIpc) is 2.83. The second-order valence-electron chi connectivity index (χ2n) is 5.53.